The molecule has 0 aliphatic rings. The van der Waals surface area contributed by atoms with Gasteiger partial charge in [-0.3, -0.25) is 0 Å². The summed E-state index contributed by atoms with van der Waals surface area (Å²) in [5.41, 5.74) is 1.47. The SMILES string of the molecule is CC(CCCCCCCl)c1ccccc1. The molecule has 0 amide bonds. The Morgan fingerprint density at radius 3 is 2.33 bits per heavy atom. The van der Waals surface area contributed by atoms with E-state index in [9.17, 15) is 0 Å². The normalized spacial score (nSPS) is 12.7. The molecule has 0 fully saturated rings. The largest absolute Gasteiger partial charge is 0.127 e. The second kappa shape index (κ2) is 7.76. The van der Waals surface area contributed by atoms with Gasteiger partial charge in [-0.05, 0) is 24.3 Å². The van der Waals surface area contributed by atoms with Crippen LogP contribution in [0.5, 0.6) is 0 Å². The fraction of sp³-hybridized carbons (Fsp3) is 0.571. The molecule has 1 aromatic rings. The van der Waals surface area contributed by atoms with E-state index < -0.39 is 0 Å². The highest BCUT2D eigenvalue weighted by molar-refractivity contribution is 6.17. The number of benzene rings is 1. The van der Waals surface area contributed by atoms with Gasteiger partial charge in [-0.2, -0.15) is 0 Å². The zero-order chi connectivity index (χ0) is 10.9. The second-order valence-electron chi connectivity index (χ2n) is 4.20. The summed E-state index contributed by atoms with van der Waals surface area (Å²) in [6.07, 6.45) is 6.40. The third-order valence-corrected chi connectivity index (χ3v) is 3.16. The van der Waals surface area contributed by atoms with E-state index in [1.165, 1.54) is 37.7 Å². The Kier molecular flexibility index (Phi) is 6.50. The Morgan fingerprint density at radius 1 is 1.00 bits per heavy atom. The molecule has 0 radical (unpaired) electrons. The Bertz CT molecular complexity index is 243. The van der Waals surface area contributed by atoms with Crippen LogP contribution in [0.1, 0.15) is 50.5 Å². The Hall–Kier alpha value is -0.490. The van der Waals surface area contributed by atoms with Crippen LogP contribution in [0.25, 0.3) is 0 Å². The van der Waals surface area contributed by atoms with E-state index in [0.29, 0.717) is 5.92 Å². The average molecular weight is 225 g/mol. The van der Waals surface area contributed by atoms with Crippen molar-refractivity contribution >= 4 is 11.6 Å². The van der Waals surface area contributed by atoms with E-state index in [1.54, 1.807) is 0 Å². The maximum Gasteiger partial charge on any atom is 0.0223 e. The molecule has 1 rings (SSSR count). The van der Waals surface area contributed by atoms with Crippen LogP contribution in [0.4, 0.5) is 0 Å². The molecule has 1 unspecified atom stereocenters. The van der Waals surface area contributed by atoms with E-state index in [-0.39, 0.29) is 0 Å². The van der Waals surface area contributed by atoms with Crippen molar-refractivity contribution < 1.29 is 0 Å². The third kappa shape index (κ3) is 5.22. The lowest BCUT2D eigenvalue weighted by atomic mass is 9.95. The summed E-state index contributed by atoms with van der Waals surface area (Å²) < 4.78 is 0. The predicted molar refractivity (Wildman–Crippen MR) is 68.7 cm³/mol. The molecule has 0 aromatic heterocycles. The van der Waals surface area contributed by atoms with Crippen LogP contribution in [0.15, 0.2) is 30.3 Å². The van der Waals surface area contributed by atoms with Gasteiger partial charge < -0.3 is 0 Å². The minimum Gasteiger partial charge on any atom is -0.127 e. The van der Waals surface area contributed by atoms with Gasteiger partial charge in [0.1, 0.15) is 0 Å². The molecule has 0 N–H and O–H groups in total. The number of hydrogen-bond acceptors (Lipinski definition) is 0. The van der Waals surface area contributed by atoms with Gasteiger partial charge >= 0.3 is 0 Å². The average Bonchev–Trinajstić information content (AvgIpc) is 2.30. The molecule has 0 heterocycles. The van der Waals surface area contributed by atoms with Crippen molar-refractivity contribution in [3.8, 4) is 0 Å². The Labute approximate surface area is 98.7 Å². The molecule has 15 heavy (non-hydrogen) atoms. The van der Waals surface area contributed by atoms with Gasteiger partial charge in [0.05, 0.1) is 0 Å². The number of hydrogen-bond donors (Lipinski definition) is 0. The fourth-order valence-corrected chi connectivity index (χ4v) is 2.04. The lowest BCUT2D eigenvalue weighted by molar-refractivity contribution is 0.581. The van der Waals surface area contributed by atoms with Crippen molar-refractivity contribution in [3.63, 3.8) is 0 Å². The maximum absolute atomic E-state index is 5.64. The van der Waals surface area contributed by atoms with Crippen molar-refractivity contribution in [1.29, 1.82) is 0 Å². The molecule has 1 aromatic carbocycles. The molecule has 1 heteroatoms. The monoisotopic (exact) mass is 224 g/mol. The summed E-state index contributed by atoms with van der Waals surface area (Å²) in [6.45, 7) is 2.32. The standard InChI is InChI=1S/C14H21Cl/c1-13(9-5-2-3-8-12-15)14-10-6-4-7-11-14/h4,6-7,10-11,13H,2-3,5,8-9,12H2,1H3. The van der Waals surface area contributed by atoms with Gasteiger partial charge in [-0.15, -0.1) is 11.6 Å². The lowest BCUT2D eigenvalue weighted by Crippen LogP contribution is -1.93. The van der Waals surface area contributed by atoms with E-state index in [4.69, 9.17) is 11.6 Å². The molecule has 0 nitrogen and oxygen atoms in total. The first-order valence-electron chi connectivity index (χ1n) is 5.95. The second-order valence-corrected chi connectivity index (χ2v) is 4.58. The van der Waals surface area contributed by atoms with Crippen LogP contribution in [0.3, 0.4) is 0 Å². The van der Waals surface area contributed by atoms with E-state index in [1.807, 2.05) is 0 Å². The summed E-state index contributed by atoms with van der Waals surface area (Å²) in [4.78, 5) is 0. The number of rotatable bonds is 7. The number of alkyl halides is 1. The number of halogens is 1. The minimum absolute atomic E-state index is 0.696. The zero-order valence-electron chi connectivity index (χ0n) is 9.58. The van der Waals surface area contributed by atoms with Crippen LogP contribution in [-0.4, -0.2) is 5.88 Å². The molecule has 0 aliphatic heterocycles. The molecular formula is C14H21Cl. The van der Waals surface area contributed by atoms with Gasteiger partial charge in [0.15, 0.2) is 0 Å². The maximum atomic E-state index is 5.64. The minimum atomic E-state index is 0.696. The topological polar surface area (TPSA) is 0 Å². The lowest BCUT2D eigenvalue weighted by Gasteiger charge is -2.11. The van der Waals surface area contributed by atoms with E-state index in [2.05, 4.69) is 37.3 Å². The quantitative estimate of drug-likeness (QED) is 0.453. The third-order valence-electron chi connectivity index (χ3n) is 2.89. The van der Waals surface area contributed by atoms with Gasteiger partial charge in [-0.1, -0.05) is 56.5 Å². The highest BCUT2D eigenvalue weighted by Gasteiger charge is 2.03. The molecule has 0 saturated heterocycles. The van der Waals surface area contributed by atoms with E-state index >= 15 is 0 Å². The van der Waals surface area contributed by atoms with Crippen LogP contribution < -0.4 is 0 Å². The summed E-state index contributed by atoms with van der Waals surface area (Å²) >= 11 is 5.64. The first kappa shape index (κ1) is 12.6. The first-order chi connectivity index (χ1) is 7.34. The highest BCUT2D eigenvalue weighted by Crippen LogP contribution is 2.21. The molecule has 0 bridgehead atoms. The van der Waals surface area contributed by atoms with Crippen LogP contribution in [0.2, 0.25) is 0 Å². The van der Waals surface area contributed by atoms with Gasteiger partial charge in [0, 0.05) is 5.88 Å². The first-order valence-corrected chi connectivity index (χ1v) is 6.49. The van der Waals surface area contributed by atoms with Crippen molar-refractivity contribution in [3.05, 3.63) is 35.9 Å². The highest BCUT2D eigenvalue weighted by atomic mass is 35.5. The van der Waals surface area contributed by atoms with Crippen molar-refractivity contribution in [2.45, 2.75) is 44.9 Å². The molecule has 84 valence electrons. The molecule has 1 atom stereocenters. The summed E-state index contributed by atoms with van der Waals surface area (Å²) in [6, 6.07) is 10.8. The van der Waals surface area contributed by atoms with Crippen LogP contribution in [0, 0.1) is 0 Å². The molecule has 0 saturated carbocycles. The van der Waals surface area contributed by atoms with Crippen molar-refractivity contribution in [2.24, 2.45) is 0 Å². The van der Waals surface area contributed by atoms with Crippen molar-refractivity contribution in [1.82, 2.24) is 0 Å². The summed E-state index contributed by atoms with van der Waals surface area (Å²) in [5.74, 6) is 1.51. The predicted octanol–water partition coefficient (Wildman–Crippen LogP) is 4.98. The van der Waals surface area contributed by atoms with Gasteiger partial charge in [0.25, 0.3) is 0 Å². The van der Waals surface area contributed by atoms with Gasteiger partial charge in [-0.25, -0.2) is 0 Å². The van der Waals surface area contributed by atoms with Crippen LogP contribution >= 0.6 is 11.6 Å². The van der Waals surface area contributed by atoms with Crippen LogP contribution in [-0.2, 0) is 0 Å². The Balaban J connectivity index is 2.16. The Morgan fingerprint density at radius 2 is 1.67 bits per heavy atom. The number of unbranched alkanes of at least 4 members (excludes halogenated alkanes) is 3. The summed E-state index contributed by atoms with van der Waals surface area (Å²) in [7, 11) is 0. The van der Waals surface area contributed by atoms with Crippen molar-refractivity contribution in [2.75, 3.05) is 5.88 Å². The van der Waals surface area contributed by atoms with Gasteiger partial charge in [0.2, 0.25) is 0 Å². The summed E-state index contributed by atoms with van der Waals surface area (Å²) in [5, 5.41) is 0. The van der Waals surface area contributed by atoms with E-state index in [0.717, 1.165) is 5.88 Å². The smallest absolute Gasteiger partial charge is 0.0223 e. The fourth-order valence-electron chi connectivity index (χ4n) is 1.85. The molecule has 0 spiro atoms. The zero-order valence-corrected chi connectivity index (χ0v) is 10.3. The molecule has 0 aliphatic carbocycles. The molecular weight excluding hydrogens is 204 g/mol.